The first kappa shape index (κ1) is 18.2. The fourth-order valence-corrected chi connectivity index (χ4v) is 3.06. The predicted octanol–water partition coefficient (Wildman–Crippen LogP) is 4.25. The Hall–Kier alpha value is -2.14. The molecule has 0 aliphatic heterocycles. The van der Waals surface area contributed by atoms with Gasteiger partial charge in [-0.05, 0) is 52.3 Å². The maximum atomic E-state index is 12.3. The van der Waals surface area contributed by atoms with Crippen LogP contribution in [0.3, 0.4) is 0 Å². The minimum absolute atomic E-state index is 0.0116. The van der Waals surface area contributed by atoms with Crippen molar-refractivity contribution in [2.24, 2.45) is 0 Å². The fraction of sp³-hybridized carbons (Fsp3) is 0.389. The van der Waals surface area contributed by atoms with E-state index in [4.69, 9.17) is 11.6 Å². The van der Waals surface area contributed by atoms with Crippen LogP contribution in [0.1, 0.15) is 53.6 Å². The van der Waals surface area contributed by atoms with Gasteiger partial charge < -0.3 is 5.32 Å². The van der Waals surface area contributed by atoms with Crippen LogP contribution in [0, 0.1) is 20.8 Å². The summed E-state index contributed by atoms with van der Waals surface area (Å²) in [6.07, 6.45) is 0.255. The largest absolute Gasteiger partial charge is 0.326 e. The molecule has 0 saturated carbocycles. The first-order chi connectivity index (χ1) is 11.2. The van der Waals surface area contributed by atoms with Crippen LogP contribution in [-0.4, -0.2) is 21.5 Å². The third-order valence-corrected chi connectivity index (χ3v) is 4.28. The first-order valence-corrected chi connectivity index (χ1v) is 8.21. The van der Waals surface area contributed by atoms with E-state index in [-0.39, 0.29) is 24.2 Å². The average molecular weight is 348 g/mol. The minimum Gasteiger partial charge on any atom is -0.326 e. The van der Waals surface area contributed by atoms with Crippen LogP contribution in [0.4, 0.5) is 5.69 Å². The number of anilines is 1. The Bertz CT molecular complexity index is 796. The third kappa shape index (κ3) is 3.85. The van der Waals surface area contributed by atoms with E-state index in [1.165, 1.54) is 6.92 Å². The molecule has 2 rings (SSSR count). The van der Waals surface area contributed by atoms with Crippen molar-refractivity contribution in [3.63, 3.8) is 0 Å². The Morgan fingerprint density at radius 3 is 2.54 bits per heavy atom. The third-order valence-electron chi connectivity index (χ3n) is 4.05. The number of carbonyl (C=O) groups excluding carboxylic acids is 2. The van der Waals surface area contributed by atoms with Gasteiger partial charge in [0, 0.05) is 22.8 Å². The molecule has 5 nitrogen and oxygen atoms in total. The molecule has 0 aliphatic rings. The summed E-state index contributed by atoms with van der Waals surface area (Å²) in [7, 11) is 0. The van der Waals surface area contributed by atoms with Gasteiger partial charge in [0.2, 0.25) is 5.91 Å². The van der Waals surface area contributed by atoms with Crippen molar-refractivity contribution in [3.8, 4) is 0 Å². The van der Waals surface area contributed by atoms with Crippen molar-refractivity contribution in [2.75, 3.05) is 5.32 Å². The molecule has 1 aromatic heterocycles. The molecule has 1 unspecified atom stereocenters. The molecule has 1 amide bonds. The van der Waals surface area contributed by atoms with Gasteiger partial charge in [-0.2, -0.15) is 5.10 Å². The SMILES string of the molecule is CC(=O)c1c(C)nn(C(C)CC(=O)Nc2cc(Cl)ccc2C)c1C. The topological polar surface area (TPSA) is 64.0 Å². The molecule has 1 aromatic carbocycles. The zero-order chi connectivity index (χ0) is 18.0. The van der Waals surface area contributed by atoms with Crippen LogP contribution in [0.2, 0.25) is 5.02 Å². The number of hydrogen-bond acceptors (Lipinski definition) is 3. The lowest BCUT2D eigenvalue weighted by molar-refractivity contribution is -0.116. The van der Waals surface area contributed by atoms with Gasteiger partial charge >= 0.3 is 0 Å². The van der Waals surface area contributed by atoms with Crippen molar-refractivity contribution in [2.45, 2.75) is 47.1 Å². The Morgan fingerprint density at radius 2 is 1.96 bits per heavy atom. The summed E-state index contributed by atoms with van der Waals surface area (Å²) in [5, 5.41) is 7.88. The van der Waals surface area contributed by atoms with Crippen LogP contribution < -0.4 is 5.32 Å². The highest BCUT2D eigenvalue weighted by Crippen LogP contribution is 2.23. The molecule has 0 radical (unpaired) electrons. The Labute approximate surface area is 147 Å². The van der Waals surface area contributed by atoms with Crippen molar-refractivity contribution in [1.82, 2.24) is 9.78 Å². The van der Waals surface area contributed by atoms with E-state index in [0.717, 1.165) is 11.3 Å². The van der Waals surface area contributed by atoms with Crippen LogP contribution >= 0.6 is 11.6 Å². The summed E-state index contributed by atoms with van der Waals surface area (Å²) >= 11 is 5.98. The second kappa shape index (κ2) is 7.18. The molecule has 24 heavy (non-hydrogen) atoms. The van der Waals surface area contributed by atoms with Gasteiger partial charge in [0.15, 0.2) is 5.78 Å². The summed E-state index contributed by atoms with van der Waals surface area (Å²) in [6, 6.07) is 5.23. The van der Waals surface area contributed by atoms with Gasteiger partial charge in [-0.3, -0.25) is 14.3 Å². The Morgan fingerprint density at radius 1 is 1.29 bits per heavy atom. The highest BCUT2D eigenvalue weighted by molar-refractivity contribution is 6.31. The molecule has 2 aromatic rings. The number of aryl methyl sites for hydroxylation is 2. The number of Topliss-reactive ketones (excluding diaryl/α,β-unsaturated/α-hetero) is 1. The maximum absolute atomic E-state index is 12.3. The Kier molecular flexibility index (Phi) is 5.44. The molecule has 1 heterocycles. The molecular weight excluding hydrogens is 326 g/mol. The second-order valence-electron chi connectivity index (χ2n) is 6.11. The van der Waals surface area contributed by atoms with Crippen molar-refractivity contribution >= 4 is 29.0 Å². The number of ketones is 1. The molecule has 0 fully saturated rings. The summed E-state index contributed by atoms with van der Waals surface area (Å²) in [5.41, 5.74) is 3.77. The quantitative estimate of drug-likeness (QED) is 0.822. The van der Waals surface area contributed by atoms with E-state index < -0.39 is 0 Å². The van der Waals surface area contributed by atoms with E-state index in [1.807, 2.05) is 33.8 Å². The lowest BCUT2D eigenvalue weighted by Gasteiger charge is -2.15. The van der Waals surface area contributed by atoms with E-state index in [9.17, 15) is 9.59 Å². The summed E-state index contributed by atoms with van der Waals surface area (Å²) in [4.78, 5) is 24.0. The van der Waals surface area contributed by atoms with Gasteiger partial charge in [0.1, 0.15) is 0 Å². The molecular formula is C18H22ClN3O2. The highest BCUT2D eigenvalue weighted by Gasteiger charge is 2.20. The number of hydrogen-bond donors (Lipinski definition) is 1. The van der Waals surface area contributed by atoms with E-state index in [2.05, 4.69) is 10.4 Å². The lowest BCUT2D eigenvalue weighted by Crippen LogP contribution is -2.19. The lowest BCUT2D eigenvalue weighted by atomic mass is 10.1. The smallest absolute Gasteiger partial charge is 0.226 e. The summed E-state index contributed by atoms with van der Waals surface area (Å²) < 4.78 is 1.75. The maximum Gasteiger partial charge on any atom is 0.226 e. The number of rotatable bonds is 5. The van der Waals surface area contributed by atoms with E-state index in [1.54, 1.807) is 16.8 Å². The highest BCUT2D eigenvalue weighted by atomic mass is 35.5. The fourth-order valence-electron chi connectivity index (χ4n) is 2.89. The van der Waals surface area contributed by atoms with Gasteiger partial charge in [0.25, 0.3) is 0 Å². The van der Waals surface area contributed by atoms with Crippen LogP contribution in [0.15, 0.2) is 18.2 Å². The molecule has 1 N–H and O–H groups in total. The monoisotopic (exact) mass is 347 g/mol. The van der Waals surface area contributed by atoms with Gasteiger partial charge in [-0.25, -0.2) is 0 Å². The molecule has 0 aliphatic carbocycles. The van der Waals surface area contributed by atoms with E-state index in [0.29, 0.717) is 22.0 Å². The molecule has 1 atom stereocenters. The zero-order valence-corrected chi connectivity index (χ0v) is 15.4. The van der Waals surface area contributed by atoms with Gasteiger partial charge in [-0.15, -0.1) is 0 Å². The minimum atomic E-state index is -0.156. The molecule has 128 valence electrons. The number of nitrogens with zero attached hydrogens (tertiary/aromatic N) is 2. The average Bonchev–Trinajstić information content (AvgIpc) is 2.77. The van der Waals surface area contributed by atoms with Crippen molar-refractivity contribution < 1.29 is 9.59 Å². The van der Waals surface area contributed by atoms with E-state index >= 15 is 0 Å². The molecule has 6 heteroatoms. The summed E-state index contributed by atoms with van der Waals surface area (Å²) in [5.74, 6) is -0.132. The molecule has 0 spiro atoms. The second-order valence-corrected chi connectivity index (χ2v) is 6.54. The van der Waals surface area contributed by atoms with Crippen LogP contribution in [0.5, 0.6) is 0 Å². The van der Waals surface area contributed by atoms with Crippen LogP contribution in [-0.2, 0) is 4.79 Å². The molecule has 0 bridgehead atoms. The number of amides is 1. The van der Waals surface area contributed by atoms with Crippen molar-refractivity contribution in [1.29, 1.82) is 0 Å². The predicted molar refractivity (Wildman–Crippen MR) is 95.9 cm³/mol. The number of nitrogens with one attached hydrogen (secondary N) is 1. The number of carbonyl (C=O) groups is 2. The number of benzene rings is 1. The van der Waals surface area contributed by atoms with Gasteiger partial charge in [-0.1, -0.05) is 17.7 Å². The van der Waals surface area contributed by atoms with Crippen molar-refractivity contribution in [3.05, 3.63) is 45.7 Å². The van der Waals surface area contributed by atoms with Crippen LogP contribution in [0.25, 0.3) is 0 Å². The normalized spacial score (nSPS) is 12.1. The number of halogens is 1. The zero-order valence-electron chi connectivity index (χ0n) is 14.6. The first-order valence-electron chi connectivity index (χ1n) is 7.83. The molecule has 0 saturated heterocycles. The number of aromatic nitrogens is 2. The Balaban J connectivity index is 2.13. The summed E-state index contributed by atoms with van der Waals surface area (Å²) in [6.45, 7) is 9.01. The standard InChI is InChI=1S/C18H22ClN3O2/c1-10-6-7-15(19)9-16(10)20-17(24)8-11(2)22-13(4)18(14(5)23)12(3)21-22/h6-7,9,11H,8H2,1-5H3,(H,20,24). The van der Waals surface area contributed by atoms with Gasteiger partial charge in [0.05, 0.1) is 17.3 Å².